The second-order valence-electron chi connectivity index (χ2n) is 10.3. The van der Waals surface area contributed by atoms with Crippen molar-refractivity contribution in [3.63, 3.8) is 0 Å². The molecule has 1 aromatic rings. The molecule has 0 aromatic carbocycles. The predicted molar refractivity (Wildman–Crippen MR) is 152 cm³/mol. The first-order valence-electron chi connectivity index (χ1n) is 14.5. The number of nitrogens with zero attached hydrogens (tertiary/aromatic N) is 5. The molecule has 0 saturated heterocycles. The van der Waals surface area contributed by atoms with Gasteiger partial charge in [0.15, 0.2) is 0 Å². The Morgan fingerprint density at radius 1 is 0.514 bits per heavy atom. The minimum absolute atomic E-state index is 0.242. The van der Waals surface area contributed by atoms with Gasteiger partial charge in [0.05, 0.1) is 52.4 Å². The number of quaternary nitrogens is 2. The fourth-order valence-electron chi connectivity index (χ4n) is 5.93. The van der Waals surface area contributed by atoms with Gasteiger partial charge in [-0.25, -0.2) is 0 Å². The standard InChI is InChI=1S/C27H56ClN7/c1-7-17-34(18-8-2,19-9-3)23-13-15-29-26-31-25(28)32-27(33-26)30-16-14-24-35(20-10-4,21-11-5)22-12-6/h7-24H2,1-6H3,(H2,29,30,31,32,33)/q+2. The zero-order valence-electron chi connectivity index (χ0n) is 23.8. The zero-order valence-corrected chi connectivity index (χ0v) is 24.6. The van der Waals surface area contributed by atoms with Gasteiger partial charge in [0.25, 0.3) is 0 Å². The summed E-state index contributed by atoms with van der Waals surface area (Å²) >= 11 is 6.22. The Kier molecular flexibility index (Phi) is 16.5. The maximum Gasteiger partial charge on any atom is 0.228 e. The number of halogens is 1. The molecule has 1 rings (SSSR count). The third-order valence-corrected chi connectivity index (χ3v) is 7.15. The molecule has 0 radical (unpaired) electrons. The van der Waals surface area contributed by atoms with Crippen molar-refractivity contribution in [3.05, 3.63) is 5.28 Å². The minimum Gasteiger partial charge on any atom is -0.354 e. The fraction of sp³-hybridized carbons (Fsp3) is 0.889. The summed E-state index contributed by atoms with van der Waals surface area (Å²) in [6, 6.07) is 0. The molecule has 35 heavy (non-hydrogen) atoms. The van der Waals surface area contributed by atoms with Gasteiger partial charge in [-0.15, -0.1) is 0 Å². The van der Waals surface area contributed by atoms with Crippen LogP contribution in [0.25, 0.3) is 0 Å². The van der Waals surface area contributed by atoms with E-state index in [2.05, 4.69) is 67.1 Å². The maximum atomic E-state index is 6.22. The van der Waals surface area contributed by atoms with Crippen molar-refractivity contribution in [2.24, 2.45) is 0 Å². The monoisotopic (exact) mass is 513 g/mol. The molecule has 7 nitrogen and oxygen atoms in total. The quantitative estimate of drug-likeness (QED) is 0.142. The molecule has 1 aromatic heterocycles. The third-order valence-electron chi connectivity index (χ3n) is 6.98. The second kappa shape index (κ2) is 18.1. The Morgan fingerprint density at radius 2 is 0.829 bits per heavy atom. The van der Waals surface area contributed by atoms with Crippen LogP contribution in [0.3, 0.4) is 0 Å². The largest absolute Gasteiger partial charge is 0.354 e. The van der Waals surface area contributed by atoms with E-state index in [9.17, 15) is 0 Å². The highest BCUT2D eigenvalue weighted by Gasteiger charge is 2.25. The van der Waals surface area contributed by atoms with Crippen LogP contribution in [-0.2, 0) is 0 Å². The van der Waals surface area contributed by atoms with Crippen molar-refractivity contribution >= 4 is 23.5 Å². The van der Waals surface area contributed by atoms with E-state index in [1.165, 1.54) is 99.8 Å². The Labute approximate surface area is 221 Å². The lowest BCUT2D eigenvalue weighted by Gasteiger charge is -2.38. The highest BCUT2D eigenvalue weighted by molar-refractivity contribution is 6.28. The number of rotatable bonds is 22. The summed E-state index contributed by atoms with van der Waals surface area (Å²) < 4.78 is 2.45. The van der Waals surface area contributed by atoms with Gasteiger partial charge in [-0.1, -0.05) is 41.5 Å². The molecule has 204 valence electrons. The van der Waals surface area contributed by atoms with E-state index in [1.807, 2.05) is 0 Å². The Bertz CT molecular complexity index is 585. The van der Waals surface area contributed by atoms with Gasteiger partial charge < -0.3 is 19.6 Å². The molecule has 0 atom stereocenters. The Hall–Kier alpha value is -1.18. The van der Waals surface area contributed by atoms with Gasteiger partial charge in [0.1, 0.15) is 0 Å². The average molecular weight is 514 g/mol. The first-order valence-corrected chi connectivity index (χ1v) is 14.9. The van der Waals surface area contributed by atoms with E-state index in [4.69, 9.17) is 11.6 Å². The van der Waals surface area contributed by atoms with Crippen LogP contribution in [0.5, 0.6) is 0 Å². The zero-order chi connectivity index (χ0) is 26.0. The van der Waals surface area contributed by atoms with Gasteiger partial charge >= 0.3 is 0 Å². The van der Waals surface area contributed by atoms with Gasteiger partial charge in [0, 0.05) is 25.9 Å². The molecular formula is C27H56ClN7+2. The van der Waals surface area contributed by atoms with E-state index >= 15 is 0 Å². The molecule has 0 spiro atoms. The number of anilines is 2. The maximum absolute atomic E-state index is 6.22. The minimum atomic E-state index is 0.242. The van der Waals surface area contributed by atoms with E-state index in [0.29, 0.717) is 11.9 Å². The smallest absolute Gasteiger partial charge is 0.228 e. The van der Waals surface area contributed by atoms with Crippen LogP contribution in [0.4, 0.5) is 11.9 Å². The third kappa shape index (κ3) is 12.1. The molecule has 0 aliphatic heterocycles. The molecule has 0 amide bonds. The van der Waals surface area contributed by atoms with Crippen LogP contribution in [-0.4, -0.2) is 89.4 Å². The van der Waals surface area contributed by atoms with Gasteiger partial charge in [-0.3, -0.25) is 0 Å². The highest BCUT2D eigenvalue weighted by Crippen LogP contribution is 2.15. The van der Waals surface area contributed by atoms with E-state index in [0.717, 1.165) is 25.9 Å². The lowest BCUT2D eigenvalue weighted by Crippen LogP contribution is -2.50. The molecule has 0 saturated carbocycles. The van der Waals surface area contributed by atoms with Gasteiger partial charge in [-0.2, -0.15) is 15.0 Å². The Balaban J connectivity index is 2.60. The molecule has 0 bridgehead atoms. The van der Waals surface area contributed by atoms with Crippen molar-refractivity contribution in [1.82, 2.24) is 15.0 Å². The first kappa shape index (κ1) is 31.8. The van der Waals surface area contributed by atoms with Crippen LogP contribution >= 0.6 is 11.6 Å². The van der Waals surface area contributed by atoms with Gasteiger partial charge in [0.2, 0.25) is 17.2 Å². The molecular weight excluding hydrogens is 458 g/mol. The van der Waals surface area contributed by atoms with E-state index < -0.39 is 0 Å². The molecule has 1 heterocycles. The molecule has 0 unspecified atom stereocenters. The lowest BCUT2D eigenvalue weighted by atomic mass is 10.2. The topological polar surface area (TPSA) is 62.7 Å². The second-order valence-corrected chi connectivity index (χ2v) is 10.6. The van der Waals surface area contributed by atoms with Crippen LogP contribution in [0.2, 0.25) is 5.28 Å². The summed E-state index contributed by atoms with van der Waals surface area (Å²) in [6.45, 7) is 25.5. The summed E-state index contributed by atoms with van der Waals surface area (Å²) in [6.07, 6.45) is 9.61. The molecule has 0 aliphatic rings. The van der Waals surface area contributed by atoms with Crippen LogP contribution < -0.4 is 10.6 Å². The van der Waals surface area contributed by atoms with Crippen molar-refractivity contribution in [2.45, 2.75) is 92.9 Å². The van der Waals surface area contributed by atoms with E-state index in [-0.39, 0.29) is 5.28 Å². The number of hydrogen-bond donors (Lipinski definition) is 2. The summed E-state index contributed by atoms with van der Waals surface area (Å²) in [7, 11) is 0. The summed E-state index contributed by atoms with van der Waals surface area (Å²) in [5.74, 6) is 1.14. The van der Waals surface area contributed by atoms with Crippen molar-refractivity contribution < 1.29 is 8.97 Å². The molecule has 2 N–H and O–H groups in total. The van der Waals surface area contributed by atoms with Crippen LogP contribution in [0.15, 0.2) is 0 Å². The Morgan fingerprint density at radius 3 is 1.11 bits per heavy atom. The normalized spacial score (nSPS) is 12.2. The fourth-order valence-corrected chi connectivity index (χ4v) is 6.09. The summed E-state index contributed by atoms with van der Waals surface area (Å²) in [5.41, 5.74) is 0. The summed E-state index contributed by atoms with van der Waals surface area (Å²) in [5, 5.41) is 7.02. The van der Waals surface area contributed by atoms with Gasteiger partial charge in [-0.05, 0) is 50.1 Å². The first-order chi connectivity index (χ1) is 16.9. The highest BCUT2D eigenvalue weighted by atomic mass is 35.5. The van der Waals surface area contributed by atoms with Crippen LogP contribution in [0, 0.1) is 0 Å². The number of hydrogen-bond acceptors (Lipinski definition) is 5. The van der Waals surface area contributed by atoms with Crippen molar-refractivity contribution in [3.8, 4) is 0 Å². The van der Waals surface area contributed by atoms with Crippen molar-refractivity contribution in [1.29, 1.82) is 0 Å². The number of aromatic nitrogens is 3. The SMILES string of the molecule is CCC[N+](CCC)(CCC)CCCNc1nc(Cl)nc(NCCC[N+](CCC)(CCC)CCC)n1. The van der Waals surface area contributed by atoms with Crippen LogP contribution in [0.1, 0.15) is 92.9 Å². The van der Waals surface area contributed by atoms with E-state index in [1.54, 1.807) is 0 Å². The molecule has 0 fully saturated rings. The predicted octanol–water partition coefficient (Wildman–Crippen LogP) is 6.22. The molecule has 8 heteroatoms. The van der Waals surface area contributed by atoms with Crippen molar-refractivity contribution in [2.75, 3.05) is 76.1 Å². The summed E-state index contributed by atoms with van der Waals surface area (Å²) in [4.78, 5) is 13.2. The lowest BCUT2D eigenvalue weighted by molar-refractivity contribution is -0.928. The average Bonchev–Trinajstić information content (AvgIpc) is 2.80. The number of nitrogens with one attached hydrogen (secondary N) is 2. The molecule has 0 aliphatic carbocycles.